The number of aryl methyl sites for hydroxylation is 1. The smallest absolute Gasteiger partial charge is 0.420 e. The number of hydrogen-bond acceptors (Lipinski definition) is 6. The van der Waals surface area contributed by atoms with Crippen molar-refractivity contribution in [3.05, 3.63) is 47.2 Å². The van der Waals surface area contributed by atoms with Crippen molar-refractivity contribution in [1.82, 2.24) is 19.5 Å². The fourth-order valence-corrected chi connectivity index (χ4v) is 5.38. The van der Waals surface area contributed by atoms with Gasteiger partial charge < -0.3 is 20.1 Å². The quantitative estimate of drug-likeness (QED) is 0.332. The maximum atomic E-state index is 13.9. The summed E-state index contributed by atoms with van der Waals surface area (Å²) in [6.45, 7) is 7.23. The summed E-state index contributed by atoms with van der Waals surface area (Å²) < 4.78 is 48.8. The number of carbonyl (C=O) groups excluding carboxylic acids is 1. The number of likely N-dealkylation sites (tertiary alicyclic amines) is 1. The predicted octanol–water partition coefficient (Wildman–Crippen LogP) is 6.95. The molecular weight excluding hydrogens is 553 g/mol. The van der Waals surface area contributed by atoms with Gasteiger partial charge in [-0.1, -0.05) is 6.42 Å². The van der Waals surface area contributed by atoms with E-state index in [4.69, 9.17) is 9.72 Å². The lowest BCUT2D eigenvalue weighted by molar-refractivity contribution is -0.137. The molecule has 0 spiro atoms. The molecule has 1 saturated heterocycles. The maximum Gasteiger partial charge on any atom is 0.420 e. The van der Waals surface area contributed by atoms with Gasteiger partial charge in [0.15, 0.2) is 5.65 Å². The standard InChI is InChI=1S/C29H35F3N6O4/c1-17-11-19(29(30,31)32)13-21(12-17)37(27(41)42-28(2,3)4)24-14-23(34-20-9-6-10-36(16-20)26(39)40)35-25-22(15-33-38(24)25)18-7-5-8-18/h11-15,18,20H,5-10,16H2,1-4H3,(H,34,35)(H,39,40). The molecule has 2 aromatic heterocycles. The molecule has 226 valence electrons. The Morgan fingerprint density at radius 2 is 1.83 bits per heavy atom. The summed E-state index contributed by atoms with van der Waals surface area (Å²) in [6.07, 6.45) is -0.510. The highest BCUT2D eigenvalue weighted by Crippen LogP contribution is 2.41. The van der Waals surface area contributed by atoms with Crippen molar-refractivity contribution < 1.29 is 32.6 Å². The maximum absolute atomic E-state index is 13.9. The fraction of sp³-hybridized carbons (Fsp3) is 0.517. The zero-order valence-corrected chi connectivity index (χ0v) is 24.0. The number of hydrogen-bond donors (Lipinski definition) is 2. The van der Waals surface area contributed by atoms with E-state index in [-0.39, 0.29) is 30.0 Å². The number of aromatic nitrogens is 3. The first-order valence-electron chi connectivity index (χ1n) is 14.0. The van der Waals surface area contributed by atoms with Gasteiger partial charge in [0.05, 0.1) is 17.4 Å². The highest BCUT2D eigenvalue weighted by atomic mass is 19.4. The minimum Gasteiger partial charge on any atom is -0.465 e. The normalized spacial score (nSPS) is 18.1. The molecule has 2 amide bonds. The van der Waals surface area contributed by atoms with Crippen molar-refractivity contribution in [3.63, 3.8) is 0 Å². The van der Waals surface area contributed by atoms with Gasteiger partial charge in [-0.2, -0.15) is 22.8 Å². The van der Waals surface area contributed by atoms with Crippen molar-refractivity contribution >= 4 is 35.2 Å². The van der Waals surface area contributed by atoms with Crippen LogP contribution in [0.4, 0.5) is 40.1 Å². The van der Waals surface area contributed by atoms with Crippen molar-refractivity contribution in [3.8, 4) is 0 Å². The van der Waals surface area contributed by atoms with Crippen LogP contribution in [0.3, 0.4) is 0 Å². The van der Waals surface area contributed by atoms with Crippen LogP contribution in [0.2, 0.25) is 0 Å². The number of ether oxygens (including phenoxy) is 1. The first-order valence-corrected chi connectivity index (χ1v) is 14.0. The average molecular weight is 589 g/mol. The van der Waals surface area contributed by atoms with Crippen LogP contribution in [0.15, 0.2) is 30.5 Å². The number of rotatable bonds is 5. The summed E-state index contributed by atoms with van der Waals surface area (Å²) >= 11 is 0. The number of anilines is 3. The highest BCUT2D eigenvalue weighted by Gasteiger charge is 2.35. The monoisotopic (exact) mass is 588 g/mol. The molecule has 1 aromatic carbocycles. The molecule has 13 heteroatoms. The minimum absolute atomic E-state index is 0.0366. The topological polar surface area (TPSA) is 112 Å². The molecule has 3 heterocycles. The Bertz CT molecular complexity index is 1490. The summed E-state index contributed by atoms with van der Waals surface area (Å²) in [5.41, 5.74) is -0.215. The Morgan fingerprint density at radius 1 is 1.10 bits per heavy atom. The van der Waals surface area contributed by atoms with Crippen LogP contribution in [0.5, 0.6) is 0 Å². The molecule has 2 aliphatic rings. The number of carboxylic acid groups (broad SMARTS) is 1. The van der Waals surface area contributed by atoms with Gasteiger partial charge in [0.25, 0.3) is 0 Å². The lowest BCUT2D eigenvalue weighted by atomic mass is 9.81. The first-order chi connectivity index (χ1) is 19.7. The summed E-state index contributed by atoms with van der Waals surface area (Å²) in [7, 11) is 0. The van der Waals surface area contributed by atoms with Gasteiger partial charge >= 0.3 is 18.4 Å². The molecule has 2 N–H and O–H groups in total. The van der Waals surface area contributed by atoms with Crippen LogP contribution < -0.4 is 10.2 Å². The second-order valence-electron chi connectivity index (χ2n) is 12.0. The molecule has 0 bridgehead atoms. The largest absolute Gasteiger partial charge is 0.465 e. The van der Waals surface area contributed by atoms with Crippen LogP contribution in [-0.4, -0.2) is 61.5 Å². The number of fused-ring (bicyclic) bond motifs is 1. The van der Waals surface area contributed by atoms with Crippen LogP contribution in [0.1, 0.15) is 75.5 Å². The Kier molecular flexibility index (Phi) is 7.71. The Balaban J connectivity index is 1.67. The lowest BCUT2D eigenvalue weighted by Gasteiger charge is -2.32. The predicted molar refractivity (Wildman–Crippen MR) is 150 cm³/mol. The Labute approximate surface area is 241 Å². The fourth-order valence-electron chi connectivity index (χ4n) is 5.38. The highest BCUT2D eigenvalue weighted by molar-refractivity contribution is 5.96. The zero-order chi connectivity index (χ0) is 30.4. The average Bonchev–Trinajstić information content (AvgIpc) is 3.25. The van der Waals surface area contributed by atoms with E-state index in [9.17, 15) is 27.9 Å². The van der Waals surface area contributed by atoms with E-state index in [1.54, 1.807) is 33.0 Å². The van der Waals surface area contributed by atoms with E-state index in [1.807, 2.05) is 0 Å². The third-order valence-corrected chi connectivity index (χ3v) is 7.52. The molecule has 1 atom stereocenters. The molecule has 5 rings (SSSR count). The van der Waals surface area contributed by atoms with E-state index in [1.165, 1.54) is 22.4 Å². The van der Waals surface area contributed by atoms with Crippen molar-refractivity contribution in [2.24, 2.45) is 0 Å². The molecule has 10 nitrogen and oxygen atoms in total. The van der Waals surface area contributed by atoms with E-state index < -0.39 is 29.5 Å². The Hall–Kier alpha value is -4.03. The zero-order valence-electron chi connectivity index (χ0n) is 24.0. The van der Waals surface area contributed by atoms with Crippen LogP contribution in [0.25, 0.3) is 5.65 Å². The number of nitrogens with zero attached hydrogens (tertiary/aromatic N) is 5. The van der Waals surface area contributed by atoms with Crippen molar-refractivity contribution in [2.45, 2.75) is 83.5 Å². The van der Waals surface area contributed by atoms with E-state index in [0.29, 0.717) is 36.4 Å². The molecule has 1 saturated carbocycles. The number of piperidine rings is 1. The molecule has 1 unspecified atom stereocenters. The molecule has 1 aliphatic carbocycles. The van der Waals surface area contributed by atoms with Gasteiger partial charge in [0.2, 0.25) is 0 Å². The van der Waals surface area contributed by atoms with Gasteiger partial charge in [-0.15, -0.1) is 0 Å². The number of benzene rings is 1. The molecule has 2 fully saturated rings. The minimum atomic E-state index is -4.64. The number of amides is 2. The van der Waals surface area contributed by atoms with E-state index >= 15 is 0 Å². The van der Waals surface area contributed by atoms with E-state index in [0.717, 1.165) is 41.9 Å². The van der Waals surface area contributed by atoms with Crippen molar-refractivity contribution in [1.29, 1.82) is 0 Å². The Morgan fingerprint density at radius 3 is 2.45 bits per heavy atom. The lowest BCUT2D eigenvalue weighted by Crippen LogP contribution is -2.44. The summed E-state index contributed by atoms with van der Waals surface area (Å²) in [4.78, 5) is 32.6. The van der Waals surface area contributed by atoms with Crippen molar-refractivity contribution in [2.75, 3.05) is 23.3 Å². The SMILES string of the molecule is Cc1cc(N(C(=O)OC(C)(C)C)c2cc(NC3CCCN(C(=O)O)C3)nc3c(C4CCC4)cnn23)cc(C(F)(F)F)c1. The second-order valence-corrected chi connectivity index (χ2v) is 12.0. The number of nitrogens with one attached hydrogen (secondary N) is 1. The third-order valence-electron chi connectivity index (χ3n) is 7.52. The van der Waals surface area contributed by atoms with Gasteiger partial charge in [-0.3, -0.25) is 0 Å². The van der Waals surface area contributed by atoms with Crippen LogP contribution in [0, 0.1) is 6.92 Å². The molecule has 3 aromatic rings. The number of carbonyl (C=O) groups is 2. The number of halogens is 3. The second kappa shape index (κ2) is 11.0. The third kappa shape index (κ3) is 6.24. The van der Waals surface area contributed by atoms with E-state index in [2.05, 4.69) is 10.4 Å². The first kappa shape index (κ1) is 29.5. The van der Waals surface area contributed by atoms with Gasteiger partial charge in [-0.05, 0) is 83.1 Å². The summed E-state index contributed by atoms with van der Waals surface area (Å²) in [6, 6.07) is 4.72. The van der Waals surface area contributed by atoms with Crippen LogP contribution in [-0.2, 0) is 10.9 Å². The molecule has 42 heavy (non-hydrogen) atoms. The van der Waals surface area contributed by atoms with Gasteiger partial charge in [-0.25, -0.2) is 19.5 Å². The summed E-state index contributed by atoms with van der Waals surface area (Å²) in [5, 5.41) is 17.3. The summed E-state index contributed by atoms with van der Waals surface area (Å²) in [5.74, 6) is 0.723. The van der Waals surface area contributed by atoms with Gasteiger partial charge in [0.1, 0.15) is 17.2 Å². The van der Waals surface area contributed by atoms with Crippen LogP contribution >= 0.6 is 0 Å². The molecule has 1 aliphatic heterocycles. The molecular formula is C29H35F3N6O4. The molecule has 0 radical (unpaired) electrons. The van der Waals surface area contributed by atoms with Gasteiger partial charge in [0, 0.05) is 30.8 Å². The number of alkyl halides is 3.